The molecule has 124 valence electrons. The predicted molar refractivity (Wildman–Crippen MR) is 97.5 cm³/mol. The van der Waals surface area contributed by atoms with Crippen LogP contribution in [0.1, 0.15) is 117 Å². The molecular weight excluding hydrogens is 252 g/mol. The molecule has 0 heteroatoms. The van der Waals surface area contributed by atoms with E-state index in [-0.39, 0.29) is 0 Å². The minimum Gasteiger partial charge on any atom is -0.103 e. The topological polar surface area (TPSA) is 0 Å². The van der Waals surface area contributed by atoms with Crippen LogP contribution in [0.4, 0.5) is 0 Å². The molecule has 0 saturated carbocycles. The Morgan fingerprint density at radius 2 is 1.05 bits per heavy atom. The zero-order valence-electron chi connectivity index (χ0n) is 15.2. The minimum atomic E-state index is 0.987. The maximum atomic E-state index is 3.36. The highest BCUT2D eigenvalue weighted by Gasteiger charge is 2.05. The van der Waals surface area contributed by atoms with Gasteiger partial charge in [-0.1, -0.05) is 91.4 Å². The fraction of sp³-hybridized carbons (Fsp3) is 0.905. The summed E-state index contributed by atoms with van der Waals surface area (Å²) in [4.78, 5) is 0. The van der Waals surface area contributed by atoms with Gasteiger partial charge < -0.3 is 0 Å². The lowest BCUT2D eigenvalue weighted by Gasteiger charge is -2.13. The zero-order chi connectivity index (χ0) is 15.6. The summed E-state index contributed by atoms with van der Waals surface area (Å²) in [5.74, 6) is 7.68. The van der Waals surface area contributed by atoms with E-state index in [0.29, 0.717) is 0 Å². The molecule has 0 nitrogen and oxygen atoms in total. The van der Waals surface area contributed by atoms with Crippen molar-refractivity contribution >= 4 is 0 Å². The van der Waals surface area contributed by atoms with Gasteiger partial charge in [0, 0.05) is 12.8 Å². The third-order valence-electron chi connectivity index (χ3n) is 4.49. The molecule has 0 bridgehead atoms. The summed E-state index contributed by atoms with van der Waals surface area (Å²) >= 11 is 0. The third kappa shape index (κ3) is 15.8. The SMILES string of the molecule is CCCCCCC#CCCCCCC(CC)CCCCC. The van der Waals surface area contributed by atoms with Gasteiger partial charge in [-0.05, 0) is 18.8 Å². The van der Waals surface area contributed by atoms with Crippen molar-refractivity contribution in [1.82, 2.24) is 0 Å². The van der Waals surface area contributed by atoms with Crippen LogP contribution < -0.4 is 0 Å². The molecule has 0 aromatic carbocycles. The smallest absolute Gasteiger partial charge is 0.00886 e. The summed E-state index contributed by atoms with van der Waals surface area (Å²) < 4.78 is 0. The molecular formula is C21H40. The maximum absolute atomic E-state index is 3.36. The molecule has 0 aliphatic rings. The van der Waals surface area contributed by atoms with E-state index in [1.807, 2.05) is 0 Å². The Balaban J connectivity index is 3.35. The molecule has 1 atom stereocenters. The van der Waals surface area contributed by atoms with Gasteiger partial charge in [-0.25, -0.2) is 0 Å². The summed E-state index contributed by atoms with van der Waals surface area (Å²) in [5, 5.41) is 0. The quantitative estimate of drug-likeness (QED) is 0.229. The number of hydrogen-bond acceptors (Lipinski definition) is 0. The lowest BCUT2D eigenvalue weighted by molar-refractivity contribution is 0.398. The summed E-state index contributed by atoms with van der Waals surface area (Å²) in [6.45, 7) is 6.92. The van der Waals surface area contributed by atoms with Gasteiger partial charge >= 0.3 is 0 Å². The average Bonchev–Trinajstić information content (AvgIpc) is 2.51. The first kappa shape index (κ1) is 20.6. The van der Waals surface area contributed by atoms with E-state index in [4.69, 9.17) is 0 Å². The van der Waals surface area contributed by atoms with Crippen LogP contribution in [0.15, 0.2) is 0 Å². The molecule has 0 heterocycles. The van der Waals surface area contributed by atoms with Crippen molar-refractivity contribution in [3.8, 4) is 11.8 Å². The summed E-state index contributed by atoms with van der Waals surface area (Å²) in [7, 11) is 0. The van der Waals surface area contributed by atoms with Gasteiger partial charge in [-0.2, -0.15) is 0 Å². The Morgan fingerprint density at radius 1 is 0.571 bits per heavy atom. The van der Waals surface area contributed by atoms with E-state index >= 15 is 0 Å². The van der Waals surface area contributed by atoms with Gasteiger partial charge in [-0.15, -0.1) is 11.8 Å². The van der Waals surface area contributed by atoms with Gasteiger partial charge in [0.25, 0.3) is 0 Å². The standard InChI is InChI=1S/C21H40/c1-4-7-9-10-11-12-13-14-15-16-18-20-21(6-3)19-17-8-5-2/h21H,4-11,14-20H2,1-3H3. The summed E-state index contributed by atoms with van der Waals surface area (Å²) in [5.41, 5.74) is 0. The second-order valence-electron chi connectivity index (χ2n) is 6.53. The van der Waals surface area contributed by atoms with E-state index in [9.17, 15) is 0 Å². The Bertz CT molecular complexity index is 242. The van der Waals surface area contributed by atoms with Crippen LogP contribution in [0.25, 0.3) is 0 Å². The van der Waals surface area contributed by atoms with Gasteiger partial charge in [0.2, 0.25) is 0 Å². The second kappa shape index (κ2) is 17.6. The molecule has 21 heavy (non-hydrogen) atoms. The molecule has 0 rings (SSSR count). The van der Waals surface area contributed by atoms with Crippen molar-refractivity contribution < 1.29 is 0 Å². The highest BCUT2D eigenvalue weighted by atomic mass is 14.1. The van der Waals surface area contributed by atoms with E-state index in [2.05, 4.69) is 32.6 Å². The van der Waals surface area contributed by atoms with Crippen LogP contribution in [-0.4, -0.2) is 0 Å². The van der Waals surface area contributed by atoms with Crippen LogP contribution in [0.5, 0.6) is 0 Å². The molecule has 0 amide bonds. The fourth-order valence-corrected chi connectivity index (χ4v) is 2.88. The molecule has 0 saturated heterocycles. The van der Waals surface area contributed by atoms with E-state index in [0.717, 1.165) is 18.8 Å². The van der Waals surface area contributed by atoms with Crippen molar-refractivity contribution in [2.24, 2.45) is 5.92 Å². The molecule has 0 fully saturated rings. The normalized spacial score (nSPS) is 12.0. The number of rotatable bonds is 14. The first-order valence-electron chi connectivity index (χ1n) is 9.80. The highest BCUT2D eigenvalue weighted by Crippen LogP contribution is 2.20. The lowest BCUT2D eigenvalue weighted by atomic mass is 9.93. The second-order valence-corrected chi connectivity index (χ2v) is 6.53. The molecule has 0 spiro atoms. The van der Waals surface area contributed by atoms with Crippen molar-refractivity contribution in [3.05, 3.63) is 0 Å². The van der Waals surface area contributed by atoms with Gasteiger partial charge in [0.05, 0.1) is 0 Å². The minimum absolute atomic E-state index is 0.987. The van der Waals surface area contributed by atoms with Crippen molar-refractivity contribution in [2.45, 2.75) is 117 Å². The molecule has 1 unspecified atom stereocenters. The average molecular weight is 293 g/mol. The number of hydrogen-bond donors (Lipinski definition) is 0. The molecule has 0 N–H and O–H groups in total. The Kier molecular flexibility index (Phi) is 17.2. The van der Waals surface area contributed by atoms with E-state index < -0.39 is 0 Å². The maximum Gasteiger partial charge on any atom is 0.00886 e. The zero-order valence-corrected chi connectivity index (χ0v) is 15.2. The summed E-state index contributed by atoms with van der Waals surface area (Å²) in [6, 6.07) is 0. The predicted octanol–water partition coefficient (Wildman–Crippen LogP) is 7.52. The number of unbranched alkanes of at least 4 members (excludes halogenated alkanes) is 9. The van der Waals surface area contributed by atoms with Crippen LogP contribution in [0.2, 0.25) is 0 Å². The molecule has 0 aliphatic heterocycles. The molecule has 0 aliphatic carbocycles. The molecule has 0 aromatic rings. The first-order valence-corrected chi connectivity index (χ1v) is 9.80. The van der Waals surface area contributed by atoms with Crippen molar-refractivity contribution in [1.29, 1.82) is 0 Å². The summed E-state index contributed by atoms with van der Waals surface area (Å²) in [6.07, 6.45) is 20.2. The Labute approximate surface area is 135 Å². The molecule has 0 aromatic heterocycles. The van der Waals surface area contributed by atoms with Crippen molar-refractivity contribution in [3.63, 3.8) is 0 Å². The highest BCUT2D eigenvalue weighted by molar-refractivity contribution is 4.98. The van der Waals surface area contributed by atoms with Gasteiger partial charge in [-0.3, -0.25) is 0 Å². The van der Waals surface area contributed by atoms with Crippen LogP contribution in [0, 0.1) is 17.8 Å². The third-order valence-corrected chi connectivity index (χ3v) is 4.49. The van der Waals surface area contributed by atoms with Gasteiger partial charge in [0.15, 0.2) is 0 Å². The molecule has 0 radical (unpaired) electrons. The largest absolute Gasteiger partial charge is 0.103 e. The monoisotopic (exact) mass is 292 g/mol. The van der Waals surface area contributed by atoms with Crippen LogP contribution >= 0.6 is 0 Å². The van der Waals surface area contributed by atoms with E-state index in [1.54, 1.807) is 0 Å². The van der Waals surface area contributed by atoms with Crippen molar-refractivity contribution in [2.75, 3.05) is 0 Å². The van der Waals surface area contributed by atoms with Gasteiger partial charge in [0.1, 0.15) is 0 Å². The lowest BCUT2D eigenvalue weighted by Crippen LogP contribution is -1.99. The first-order chi connectivity index (χ1) is 10.3. The van der Waals surface area contributed by atoms with Crippen LogP contribution in [0.3, 0.4) is 0 Å². The Morgan fingerprint density at radius 3 is 1.57 bits per heavy atom. The van der Waals surface area contributed by atoms with E-state index in [1.165, 1.54) is 83.5 Å². The fourth-order valence-electron chi connectivity index (χ4n) is 2.88. The van der Waals surface area contributed by atoms with Crippen LogP contribution in [-0.2, 0) is 0 Å². The Hall–Kier alpha value is -0.440.